The predicted molar refractivity (Wildman–Crippen MR) is 89.2 cm³/mol. The molecule has 0 saturated carbocycles. The molecule has 0 bridgehead atoms. The van der Waals surface area contributed by atoms with Gasteiger partial charge in [0.2, 0.25) is 5.91 Å². The van der Waals surface area contributed by atoms with Gasteiger partial charge >= 0.3 is 0 Å². The molecule has 0 radical (unpaired) electrons. The van der Waals surface area contributed by atoms with Gasteiger partial charge in [-0.05, 0) is 50.5 Å². The SMILES string of the molecule is Cc1cc2occ(CC(=O)N[C@@]3(C)CCS(=O)(=O)C3)c2cc1C. The highest BCUT2D eigenvalue weighted by Gasteiger charge is 2.39. The van der Waals surface area contributed by atoms with Gasteiger partial charge in [-0.1, -0.05) is 0 Å². The summed E-state index contributed by atoms with van der Waals surface area (Å²) in [6, 6.07) is 4.00. The maximum absolute atomic E-state index is 12.3. The molecule has 2 heterocycles. The van der Waals surface area contributed by atoms with E-state index in [0.29, 0.717) is 6.42 Å². The normalized spacial score (nSPS) is 23.3. The van der Waals surface area contributed by atoms with Crippen LogP contribution in [0.1, 0.15) is 30.0 Å². The van der Waals surface area contributed by atoms with Crippen LogP contribution in [0, 0.1) is 13.8 Å². The van der Waals surface area contributed by atoms with Gasteiger partial charge in [0.25, 0.3) is 0 Å². The Bertz CT molecular complexity index is 881. The number of benzene rings is 1. The zero-order valence-electron chi connectivity index (χ0n) is 13.6. The summed E-state index contributed by atoms with van der Waals surface area (Å²) in [6.07, 6.45) is 2.26. The Morgan fingerprint density at radius 3 is 2.65 bits per heavy atom. The minimum atomic E-state index is -3.04. The molecule has 3 rings (SSSR count). The number of hydrogen-bond donors (Lipinski definition) is 1. The number of carbonyl (C=O) groups is 1. The van der Waals surface area contributed by atoms with Crippen molar-refractivity contribution >= 4 is 26.7 Å². The van der Waals surface area contributed by atoms with Gasteiger partial charge in [-0.25, -0.2) is 8.42 Å². The van der Waals surface area contributed by atoms with Crippen molar-refractivity contribution in [2.24, 2.45) is 0 Å². The summed E-state index contributed by atoms with van der Waals surface area (Å²) in [5.74, 6) is -0.0295. The van der Waals surface area contributed by atoms with Crippen LogP contribution in [-0.2, 0) is 21.1 Å². The van der Waals surface area contributed by atoms with Crippen molar-refractivity contribution < 1.29 is 17.6 Å². The Hall–Kier alpha value is -1.82. The number of rotatable bonds is 3. The summed E-state index contributed by atoms with van der Waals surface area (Å²) < 4.78 is 28.8. The molecule has 0 unspecified atom stereocenters. The van der Waals surface area contributed by atoms with Crippen molar-refractivity contribution in [1.29, 1.82) is 0 Å². The molecule has 1 aromatic carbocycles. The van der Waals surface area contributed by atoms with Crippen molar-refractivity contribution in [3.8, 4) is 0 Å². The molecular weight excluding hydrogens is 314 g/mol. The first-order chi connectivity index (χ1) is 10.7. The van der Waals surface area contributed by atoms with Crippen LogP contribution in [0.5, 0.6) is 0 Å². The average molecular weight is 335 g/mol. The number of furan rings is 1. The molecule has 0 aliphatic carbocycles. The number of sulfone groups is 1. The molecule has 23 heavy (non-hydrogen) atoms. The summed E-state index contributed by atoms with van der Waals surface area (Å²) in [5.41, 5.74) is 3.22. The number of carbonyl (C=O) groups excluding carboxylic acids is 1. The van der Waals surface area contributed by atoms with Crippen LogP contribution in [0.25, 0.3) is 11.0 Å². The highest BCUT2D eigenvalue weighted by molar-refractivity contribution is 7.91. The minimum absolute atomic E-state index is 0.0101. The molecule has 2 aromatic rings. The fraction of sp³-hybridized carbons (Fsp3) is 0.471. The van der Waals surface area contributed by atoms with E-state index in [1.54, 1.807) is 13.2 Å². The van der Waals surface area contributed by atoms with Gasteiger partial charge in [-0.3, -0.25) is 4.79 Å². The van der Waals surface area contributed by atoms with Gasteiger partial charge in [0, 0.05) is 10.9 Å². The predicted octanol–water partition coefficient (Wildman–Crippen LogP) is 2.29. The third kappa shape index (κ3) is 3.27. The molecule has 1 atom stereocenters. The van der Waals surface area contributed by atoms with E-state index in [0.717, 1.165) is 27.7 Å². The highest BCUT2D eigenvalue weighted by Crippen LogP contribution is 2.26. The second-order valence-corrected chi connectivity index (χ2v) is 9.01. The fourth-order valence-electron chi connectivity index (χ4n) is 3.14. The third-order valence-corrected chi connectivity index (χ3v) is 6.47. The smallest absolute Gasteiger partial charge is 0.225 e. The van der Waals surface area contributed by atoms with Crippen LogP contribution in [0.3, 0.4) is 0 Å². The molecule has 5 nitrogen and oxygen atoms in total. The van der Waals surface area contributed by atoms with E-state index in [2.05, 4.69) is 5.32 Å². The van der Waals surface area contributed by atoms with Crippen LogP contribution in [0.2, 0.25) is 0 Å². The minimum Gasteiger partial charge on any atom is -0.464 e. The fourth-order valence-corrected chi connectivity index (χ4v) is 5.23. The number of fused-ring (bicyclic) bond motifs is 1. The maximum Gasteiger partial charge on any atom is 0.225 e. The van der Waals surface area contributed by atoms with E-state index in [1.807, 2.05) is 26.0 Å². The lowest BCUT2D eigenvalue weighted by atomic mass is 10.0. The van der Waals surface area contributed by atoms with Gasteiger partial charge in [0.15, 0.2) is 9.84 Å². The van der Waals surface area contributed by atoms with E-state index in [-0.39, 0.29) is 23.8 Å². The van der Waals surface area contributed by atoms with Gasteiger partial charge in [-0.2, -0.15) is 0 Å². The van der Waals surface area contributed by atoms with Gasteiger partial charge in [0.05, 0.1) is 29.7 Å². The van der Waals surface area contributed by atoms with Gasteiger partial charge < -0.3 is 9.73 Å². The first-order valence-corrected chi connectivity index (χ1v) is 9.48. The average Bonchev–Trinajstić information content (AvgIpc) is 2.91. The lowest BCUT2D eigenvalue weighted by Crippen LogP contribution is -2.47. The zero-order valence-corrected chi connectivity index (χ0v) is 14.4. The Labute approximate surface area is 136 Å². The molecule has 1 saturated heterocycles. The standard InChI is InChI=1S/C17H21NO4S/c1-11-6-14-13(9-22-15(14)7-12(11)2)8-16(19)18-17(3)4-5-23(20,21)10-17/h6-7,9H,4-5,8,10H2,1-3H3,(H,18,19)/t17-/m0/s1. The van der Waals surface area contributed by atoms with Crippen LogP contribution in [0.15, 0.2) is 22.8 Å². The summed E-state index contributed by atoms with van der Waals surface area (Å²) in [6.45, 7) is 5.83. The molecule has 0 spiro atoms. The largest absolute Gasteiger partial charge is 0.464 e. The van der Waals surface area contributed by atoms with Crippen molar-refractivity contribution in [3.63, 3.8) is 0 Å². The number of amides is 1. The lowest BCUT2D eigenvalue weighted by Gasteiger charge is -2.23. The molecule has 6 heteroatoms. The van der Waals surface area contributed by atoms with Crippen molar-refractivity contribution in [3.05, 3.63) is 35.1 Å². The molecule has 124 valence electrons. The van der Waals surface area contributed by atoms with E-state index < -0.39 is 15.4 Å². The van der Waals surface area contributed by atoms with E-state index in [9.17, 15) is 13.2 Å². The van der Waals surface area contributed by atoms with Crippen LogP contribution in [0.4, 0.5) is 0 Å². The van der Waals surface area contributed by atoms with Crippen molar-refractivity contribution in [2.45, 2.75) is 39.2 Å². The Balaban J connectivity index is 1.77. The van der Waals surface area contributed by atoms with E-state index in [4.69, 9.17) is 4.42 Å². The molecule has 1 N–H and O–H groups in total. The van der Waals surface area contributed by atoms with Gasteiger partial charge in [0.1, 0.15) is 5.58 Å². The molecule has 1 aliphatic rings. The topological polar surface area (TPSA) is 76.4 Å². The first kappa shape index (κ1) is 16.1. The van der Waals surface area contributed by atoms with E-state index in [1.165, 1.54) is 0 Å². The van der Waals surface area contributed by atoms with Crippen LogP contribution in [-0.4, -0.2) is 31.4 Å². The van der Waals surface area contributed by atoms with Gasteiger partial charge in [-0.15, -0.1) is 0 Å². The van der Waals surface area contributed by atoms with E-state index >= 15 is 0 Å². The quantitative estimate of drug-likeness (QED) is 0.933. The number of nitrogens with one attached hydrogen (secondary N) is 1. The molecule has 1 aliphatic heterocycles. The second kappa shape index (κ2) is 5.37. The lowest BCUT2D eigenvalue weighted by molar-refractivity contribution is -0.121. The van der Waals surface area contributed by atoms with Crippen molar-refractivity contribution in [1.82, 2.24) is 5.32 Å². The van der Waals surface area contributed by atoms with Crippen molar-refractivity contribution in [2.75, 3.05) is 11.5 Å². The first-order valence-electron chi connectivity index (χ1n) is 7.66. The highest BCUT2D eigenvalue weighted by atomic mass is 32.2. The summed E-state index contributed by atoms with van der Waals surface area (Å²) >= 11 is 0. The Kier molecular flexibility index (Phi) is 3.75. The van der Waals surface area contributed by atoms with Crippen LogP contribution >= 0.6 is 0 Å². The Morgan fingerprint density at radius 1 is 1.30 bits per heavy atom. The third-order valence-electron chi connectivity index (χ3n) is 4.57. The summed E-state index contributed by atoms with van der Waals surface area (Å²) in [4.78, 5) is 12.3. The van der Waals surface area contributed by atoms with Crippen LogP contribution < -0.4 is 5.32 Å². The summed E-state index contributed by atoms with van der Waals surface area (Å²) in [7, 11) is -3.04. The molecular formula is C17H21NO4S. The Morgan fingerprint density at radius 2 is 2.00 bits per heavy atom. The number of hydrogen-bond acceptors (Lipinski definition) is 4. The molecule has 1 aromatic heterocycles. The summed E-state index contributed by atoms with van der Waals surface area (Å²) in [5, 5.41) is 3.82. The zero-order chi connectivity index (χ0) is 16.8. The molecule has 1 amide bonds. The number of aryl methyl sites for hydroxylation is 2. The maximum atomic E-state index is 12.3. The monoisotopic (exact) mass is 335 g/mol. The molecule has 1 fully saturated rings. The second-order valence-electron chi connectivity index (χ2n) is 6.82.